The highest BCUT2D eigenvalue weighted by atomic mass is 16.5. The van der Waals surface area contributed by atoms with Gasteiger partial charge in [0.25, 0.3) is 0 Å². The van der Waals surface area contributed by atoms with Crippen LogP contribution in [0, 0.1) is 37.0 Å². The van der Waals surface area contributed by atoms with Gasteiger partial charge in [0.2, 0.25) is 5.91 Å². The number of allylic oxidation sites excluding steroid dienone is 1. The molecule has 3 aliphatic rings. The van der Waals surface area contributed by atoms with Crippen molar-refractivity contribution in [1.29, 1.82) is 0 Å². The van der Waals surface area contributed by atoms with E-state index in [1.807, 2.05) is 4.90 Å². The molecule has 0 radical (unpaired) electrons. The summed E-state index contributed by atoms with van der Waals surface area (Å²) in [6.07, 6.45) is 13.0. The third-order valence-corrected chi connectivity index (χ3v) is 9.63. The van der Waals surface area contributed by atoms with E-state index in [1.165, 1.54) is 28.3 Å². The fourth-order valence-electron chi connectivity index (χ4n) is 7.01. The Morgan fingerprint density at radius 1 is 1.15 bits per heavy atom. The number of hydrogen-bond acceptors (Lipinski definition) is 4. The van der Waals surface area contributed by atoms with E-state index in [0.29, 0.717) is 12.5 Å². The van der Waals surface area contributed by atoms with Crippen molar-refractivity contribution in [3.05, 3.63) is 71.8 Å². The van der Waals surface area contributed by atoms with Gasteiger partial charge in [-0.1, -0.05) is 37.6 Å². The minimum Gasteiger partial charge on any atom is -0.493 e. The van der Waals surface area contributed by atoms with Crippen LogP contribution in [0.4, 0.5) is 5.69 Å². The van der Waals surface area contributed by atoms with Crippen LogP contribution >= 0.6 is 0 Å². The summed E-state index contributed by atoms with van der Waals surface area (Å²) in [4.78, 5) is 18.6. The number of carbonyl (C=O) groups is 1. The minimum atomic E-state index is 0.0190. The summed E-state index contributed by atoms with van der Waals surface area (Å²) in [7, 11) is 4.17. The average molecular weight is 552 g/mol. The molecule has 41 heavy (non-hydrogen) atoms. The van der Waals surface area contributed by atoms with Gasteiger partial charge in [-0.2, -0.15) is 0 Å². The standard InChI is InChI=1S/C36H45N3O2/c1-9-27-29(38-19-17-36(22-38)23-39(24-36)31(40)10-2)15-16-30(41-20-12-18-37(7)8)34(27)33-26(5)14-13-25(4)32(33)28-21-35(28,6)11-3/h1,10-11,13-16,28H,2-3,12,17-24H2,4-8H3. The molecule has 1 spiro atoms. The van der Waals surface area contributed by atoms with Gasteiger partial charge in [-0.05, 0) is 99.0 Å². The van der Waals surface area contributed by atoms with Gasteiger partial charge in [-0.15, -0.1) is 13.0 Å². The van der Waals surface area contributed by atoms with Crippen molar-refractivity contribution >= 4 is 11.6 Å². The second-order valence-corrected chi connectivity index (χ2v) is 13.0. The molecule has 0 aromatic heterocycles. The van der Waals surface area contributed by atoms with Gasteiger partial charge in [-0.3, -0.25) is 4.79 Å². The maximum Gasteiger partial charge on any atom is 0.245 e. The number of hydrogen-bond donors (Lipinski definition) is 0. The van der Waals surface area contributed by atoms with Crippen LogP contribution in [0.1, 0.15) is 54.4 Å². The first kappa shape index (κ1) is 29.0. The molecule has 0 N–H and O–H groups in total. The lowest BCUT2D eigenvalue weighted by Crippen LogP contribution is -2.59. The summed E-state index contributed by atoms with van der Waals surface area (Å²) >= 11 is 0. The lowest BCUT2D eigenvalue weighted by molar-refractivity contribution is -0.136. The lowest BCUT2D eigenvalue weighted by Gasteiger charge is -2.47. The zero-order chi connectivity index (χ0) is 29.5. The number of carbonyl (C=O) groups excluding carboxylic acids is 1. The number of anilines is 1. The molecule has 5 heteroatoms. The normalized spacial score (nSPS) is 22.4. The first-order chi connectivity index (χ1) is 19.6. The van der Waals surface area contributed by atoms with Crippen LogP contribution in [0.25, 0.3) is 11.1 Å². The molecule has 2 saturated heterocycles. The third kappa shape index (κ3) is 5.31. The summed E-state index contributed by atoms with van der Waals surface area (Å²) in [6.45, 7) is 19.5. The van der Waals surface area contributed by atoms with Gasteiger partial charge < -0.3 is 19.4 Å². The van der Waals surface area contributed by atoms with Crippen LogP contribution in [-0.4, -0.2) is 69.1 Å². The highest BCUT2D eigenvalue weighted by Gasteiger charge is 2.51. The van der Waals surface area contributed by atoms with Crippen molar-refractivity contribution in [1.82, 2.24) is 9.80 Å². The molecule has 2 aliphatic heterocycles. The highest BCUT2D eigenvalue weighted by molar-refractivity contribution is 5.89. The second kappa shape index (κ2) is 11.1. The molecule has 5 rings (SSSR count). The number of benzene rings is 2. The topological polar surface area (TPSA) is 36.0 Å². The Morgan fingerprint density at radius 2 is 1.88 bits per heavy atom. The largest absolute Gasteiger partial charge is 0.493 e. The first-order valence-electron chi connectivity index (χ1n) is 14.9. The van der Waals surface area contributed by atoms with Crippen molar-refractivity contribution in [2.45, 2.75) is 46.0 Å². The van der Waals surface area contributed by atoms with Gasteiger partial charge in [0, 0.05) is 43.7 Å². The molecule has 3 fully saturated rings. The minimum absolute atomic E-state index is 0.0190. The molecule has 1 amide bonds. The monoisotopic (exact) mass is 551 g/mol. The van der Waals surface area contributed by atoms with Gasteiger partial charge in [0.15, 0.2) is 0 Å². The van der Waals surface area contributed by atoms with Crippen molar-refractivity contribution < 1.29 is 9.53 Å². The Bertz CT molecular complexity index is 1410. The third-order valence-electron chi connectivity index (χ3n) is 9.63. The molecule has 1 aliphatic carbocycles. The van der Waals surface area contributed by atoms with Crippen molar-refractivity contribution in [3.63, 3.8) is 0 Å². The Hall–Kier alpha value is -3.49. The predicted molar refractivity (Wildman–Crippen MR) is 170 cm³/mol. The van der Waals surface area contributed by atoms with E-state index in [1.54, 1.807) is 0 Å². The number of terminal acetylenes is 1. The summed E-state index contributed by atoms with van der Waals surface area (Å²) in [5, 5.41) is 0. The van der Waals surface area contributed by atoms with Gasteiger partial charge in [0.1, 0.15) is 5.75 Å². The fraction of sp³-hybridized carbons (Fsp3) is 0.472. The first-order valence-corrected chi connectivity index (χ1v) is 14.9. The van der Waals surface area contributed by atoms with Crippen molar-refractivity contribution in [2.24, 2.45) is 10.8 Å². The van der Waals surface area contributed by atoms with Crippen LogP contribution in [0.5, 0.6) is 5.75 Å². The number of ether oxygens (including phenoxy) is 1. The summed E-state index contributed by atoms with van der Waals surface area (Å²) < 4.78 is 6.54. The van der Waals surface area contributed by atoms with E-state index in [9.17, 15) is 4.79 Å². The SMILES string of the molecule is C#Cc1c(N2CCC3(CN(C(=O)C=C)C3)C2)ccc(OCCCN(C)C)c1-c1c(C)ccc(C)c1C1CC1(C)C=C. The van der Waals surface area contributed by atoms with Gasteiger partial charge >= 0.3 is 0 Å². The summed E-state index contributed by atoms with van der Waals surface area (Å²) in [5.41, 5.74) is 8.34. The summed E-state index contributed by atoms with van der Waals surface area (Å²) in [6, 6.07) is 8.74. The molecule has 2 heterocycles. The van der Waals surface area contributed by atoms with E-state index in [-0.39, 0.29) is 16.7 Å². The molecular weight excluding hydrogens is 506 g/mol. The van der Waals surface area contributed by atoms with E-state index in [4.69, 9.17) is 11.2 Å². The number of nitrogens with zero attached hydrogens (tertiary/aromatic N) is 3. The number of aryl methyl sites for hydroxylation is 2. The number of rotatable bonds is 10. The van der Waals surface area contributed by atoms with Crippen LogP contribution in [0.3, 0.4) is 0 Å². The zero-order valence-corrected chi connectivity index (χ0v) is 25.6. The van der Waals surface area contributed by atoms with Crippen LogP contribution < -0.4 is 9.64 Å². The smallest absolute Gasteiger partial charge is 0.245 e. The molecule has 2 aromatic rings. The van der Waals surface area contributed by atoms with Crippen molar-refractivity contribution in [3.8, 4) is 29.2 Å². The molecule has 2 aromatic carbocycles. The van der Waals surface area contributed by atoms with Crippen molar-refractivity contribution in [2.75, 3.05) is 58.3 Å². The van der Waals surface area contributed by atoms with E-state index in [0.717, 1.165) is 74.6 Å². The summed E-state index contributed by atoms with van der Waals surface area (Å²) in [5.74, 6) is 4.41. The van der Waals surface area contributed by atoms with Crippen LogP contribution in [0.15, 0.2) is 49.6 Å². The Labute approximate surface area is 246 Å². The number of likely N-dealkylation sites (tertiary alicyclic amines) is 1. The van der Waals surface area contributed by atoms with Crippen LogP contribution in [-0.2, 0) is 4.79 Å². The van der Waals surface area contributed by atoms with Gasteiger partial charge in [0.05, 0.1) is 17.9 Å². The molecule has 5 nitrogen and oxygen atoms in total. The lowest BCUT2D eigenvalue weighted by atomic mass is 9.79. The van der Waals surface area contributed by atoms with Gasteiger partial charge in [-0.25, -0.2) is 0 Å². The molecule has 216 valence electrons. The molecule has 1 saturated carbocycles. The number of amides is 1. The van der Waals surface area contributed by atoms with E-state index >= 15 is 0 Å². The second-order valence-electron chi connectivity index (χ2n) is 13.0. The molecule has 2 atom stereocenters. The molecule has 0 bridgehead atoms. The average Bonchev–Trinajstić information content (AvgIpc) is 3.40. The highest BCUT2D eigenvalue weighted by Crippen LogP contribution is 2.63. The molecule has 2 unspecified atom stereocenters. The zero-order valence-electron chi connectivity index (χ0n) is 25.6. The predicted octanol–water partition coefficient (Wildman–Crippen LogP) is 6.19. The Morgan fingerprint density at radius 3 is 2.51 bits per heavy atom. The van der Waals surface area contributed by atoms with E-state index < -0.39 is 0 Å². The van der Waals surface area contributed by atoms with Crippen LogP contribution in [0.2, 0.25) is 0 Å². The Kier molecular flexibility index (Phi) is 7.83. The quantitative estimate of drug-likeness (QED) is 0.153. The Balaban J connectivity index is 1.58. The molecular formula is C36H45N3O2. The fourth-order valence-corrected chi connectivity index (χ4v) is 7.01. The maximum absolute atomic E-state index is 12.1. The van der Waals surface area contributed by atoms with E-state index in [2.05, 4.69) is 94.1 Å². The maximum atomic E-state index is 12.1.